The van der Waals surface area contributed by atoms with Gasteiger partial charge in [0.2, 0.25) is 0 Å². The summed E-state index contributed by atoms with van der Waals surface area (Å²) in [4.78, 5) is 11.1. The minimum Gasteiger partial charge on any atom is -0.550 e. The number of hydrogen-bond acceptors (Lipinski definition) is 5. The molecule has 2 aromatic rings. The third kappa shape index (κ3) is 6.21. The van der Waals surface area contributed by atoms with E-state index in [2.05, 4.69) is 0 Å². The summed E-state index contributed by atoms with van der Waals surface area (Å²) < 4.78 is 23.2. The van der Waals surface area contributed by atoms with Crippen molar-refractivity contribution in [1.29, 1.82) is 0 Å². The first-order valence-corrected chi connectivity index (χ1v) is 9.87. The summed E-state index contributed by atoms with van der Waals surface area (Å²) >= 11 is 0. The Hall–Kier alpha value is -1.18. The maximum absolute atomic E-state index is 11.6. The quantitative estimate of drug-likeness (QED) is 0.558. The first kappa shape index (κ1) is 22.9. The monoisotopic (exact) mass is 384 g/mol. The zero-order chi connectivity index (χ0) is 18.4. The molecule has 26 heavy (non-hydrogen) atoms. The Morgan fingerprint density at radius 3 is 2.00 bits per heavy atom. The van der Waals surface area contributed by atoms with E-state index < -0.39 is 15.8 Å². The van der Waals surface area contributed by atoms with Gasteiger partial charge in [-0.15, -0.1) is 0 Å². The van der Waals surface area contributed by atoms with Crippen LogP contribution in [0.2, 0.25) is 0 Å². The molecule has 0 fully saturated rings. The van der Waals surface area contributed by atoms with Crippen LogP contribution in [0, 0.1) is 0 Å². The second-order valence-electron chi connectivity index (χ2n) is 6.06. The number of aliphatic carboxylic acids is 1. The molecule has 0 aliphatic heterocycles. The second-order valence-corrected chi connectivity index (χ2v) is 8.07. The van der Waals surface area contributed by atoms with Gasteiger partial charge in [-0.05, 0) is 42.0 Å². The summed E-state index contributed by atoms with van der Waals surface area (Å²) in [5, 5.41) is 20.8. The molecule has 134 valence electrons. The minimum absolute atomic E-state index is 0. The topological polar surface area (TPSA) is 94.5 Å². The molecule has 0 saturated carbocycles. The zero-order valence-electron chi connectivity index (χ0n) is 15.0. The fourth-order valence-corrected chi connectivity index (χ4v) is 3.63. The van der Waals surface area contributed by atoms with Crippen LogP contribution in [0.15, 0.2) is 59.5 Å². The molecule has 7 heteroatoms. The third-order valence-corrected chi connectivity index (χ3v) is 5.43. The van der Waals surface area contributed by atoms with E-state index in [4.69, 9.17) is 0 Å². The van der Waals surface area contributed by atoms with E-state index in [1.54, 1.807) is 12.1 Å². The first-order chi connectivity index (χ1) is 11.8. The van der Waals surface area contributed by atoms with Crippen LogP contribution in [-0.4, -0.2) is 32.4 Å². The van der Waals surface area contributed by atoms with E-state index in [9.17, 15) is 23.4 Å². The smallest absolute Gasteiger partial charge is 0.550 e. The molecule has 0 heterocycles. The maximum Gasteiger partial charge on any atom is 1.00 e. The van der Waals surface area contributed by atoms with Crippen molar-refractivity contribution in [3.8, 4) is 0 Å². The first-order valence-electron chi connectivity index (χ1n) is 7.98. The molecule has 0 spiro atoms. The van der Waals surface area contributed by atoms with Crippen LogP contribution in [0.5, 0.6) is 0 Å². The van der Waals surface area contributed by atoms with Crippen molar-refractivity contribution in [2.75, 3.05) is 12.9 Å². The molecule has 0 aromatic heterocycles. The number of carbonyl (C=O) groups excluding carboxylic acids is 1. The van der Waals surface area contributed by atoms with Crippen LogP contribution >= 0.6 is 0 Å². The van der Waals surface area contributed by atoms with E-state index in [0.29, 0.717) is 6.42 Å². The summed E-state index contributed by atoms with van der Waals surface area (Å²) in [7, 11) is -3.29. The van der Waals surface area contributed by atoms with E-state index in [1.807, 2.05) is 30.3 Å². The Morgan fingerprint density at radius 2 is 1.54 bits per heavy atom. The number of aliphatic hydroxyl groups excluding tert-OH is 1. The van der Waals surface area contributed by atoms with Gasteiger partial charge in [-0.1, -0.05) is 42.5 Å². The Morgan fingerprint density at radius 1 is 1.00 bits per heavy atom. The molecular weight excluding hydrogens is 363 g/mol. The van der Waals surface area contributed by atoms with Crippen molar-refractivity contribution in [2.45, 2.75) is 29.6 Å². The average Bonchev–Trinajstić information content (AvgIpc) is 2.58. The molecule has 0 radical (unpaired) electrons. The van der Waals surface area contributed by atoms with Crippen molar-refractivity contribution >= 4 is 15.8 Å². The molecule has 0 amide bonds. The molecule has 1 N–H and O–H groups in total. The van der Waals surface area contributed by atoms with Crippen molar-refractivity contribution < 1.29 is 53.0 Å². The van der Waals surface area contributed by atoms with Crippen LogP contribution in [0.25, 0.3) is 0 Å². The molecule has 0 bridgehead atoms. The van der Waals surface area contributed by atoms with Crippen LogP contribution in [0.4, 0.5) is 0 Å². The van der Waals surface area contributed by atoms with Gasteiger partial charge >= 0.3 is 29.6 Å². The number of carboxylic acid groups (broad SMARTS) is 1. The van der Waals surface area contributed by atoms with Crippen LogP contribution in [0.1, 0.15) is 35.8 Å². The molecular formula is C19H21NaO5S. The molecule has 2 aromatic carbocycles. The summed E-state index contributed by atoms with van der Waals surface area (Å²) in [5.41, 5.74) is 1.69. The standard InChI is InChI=1S/C19H22O5S.Na/c1-25(23,24)16-9-7-15(8-10-16)18(13-20)17(11-12-19(21)22)14-5-3-2-4-6-14;/h2-10,17-18,20H,11-13H2,1H3,(H,21,22);/q;+1/p-1/t17-,18+;/m0./s1. The fraction of sp³-hybridized carbons (Fsp3) is 0.316. The predicted octanol–water partition coefficient (Wildman–Crippen LogP) is -1.52. The molecule has 0 aliphatic rings. The van der Waals surface area contributed by atoms with E-state index in [-0.39, 0.29) is 59.3 Å². The van der Waals surface area contributed by atoms with Crippen LogP contribution < -0.4 is 34.7 Å². The van der Waals surface area contributed by atoms with Gasteiger partial charge in [-0.2, -0.15) is 0 Å². The average molecular weight is 384 g/mol. The summed E-state index contributed by atoms with van der Waals surface area (Å²) in [5.74, 6) is -1.69. The second kappa shape index (κ2) is 10.2. The third-order valence-electron chi connectivity index (χ3n) is 4.31. The Kier molecular flexibility index (Phi) is 9.00. The molecule has 2 rings (SSSR count). The summed E-state index contributed by atoms with van der Waals surface area (Å²) in [6.45, 7) is -0.176. The molecule has 0 saturated heterocycles. The van der Waals surface area contributed by atoms with Crippen molar-refractivity contribution in [3.05, 3.63) is 65.7 Å². The van der Waals surface area contributed by atoms with Crippen molar-refractivity contribution in [3.63, 3.8) is 0 Å². The predicted molar refractivity (Wildman–Crippen MR) is 92.8 cm³/mol. The Balaban J connectivity index is 0.00000338. The molecule has 5 nitrogen and oxygen atoms in total. The largest absolute Gasteiger partial charge is 1.00 e. The van der Waals surface area contributed by atoms with E-state index in [1.165, 1.54) is 12.1 Å². The van der Waals surface area contributed by atoms with Gasteiger partial charge in [0.05, 0.1) is 11.5 Å². The fourth-order valence-electron chi connectivity index (χ4n) is 3.00. The number of aliphatic hydroxyl groups is 1. The maximum atomic E-state index is 11.6. The number of carboxylic acids is 1. The summed E-state index contributed by atoms with van der Waals surface area (Å²) in [6.07, 6.45) is 1.35. The zero-order valence-corrected chi connectivity index (χ0v) is 17.8. The summed E-state index contributed by atoms with van der Waals surface area (Å²) in [6, 6.07) is 15.8. The normalized spacial score (nSPS) is 13.5. The van der Waals surface area contributed by atoms with Crippen LogP contribution in [0.3, 0.4) is 0 Å². The van der Waals surface area contributed by atoms with Gasteiger partial charge in [-0.25, -0.2) is 8.42 Å². The molecule has 2 atom stereocenters. The van der Waals surface area contributed by atoms with Crippen molar-refractivity contribution in [2.24, 2.45) is 0 Å². The number of carbonyl (C=O) groups is 1. The van der Waals surface area contributed by atoms with Gasteiger partial charge in [-0.3, -0.25) is 0 Å². The van der Waals surface area contributed by atoms with Gasteiger partial charge in [0.1, 0.15) is 0 Å². The van der Waals surface area contributed by atoms with E-state index >= 15 is 0 Å². The van der Waals surface area contributed by atoms with Gasteiger partial charge < -0.3 is 15.0 Å². The number of benzene rings is 2. The Bertz CT molecular complexity index is 804. The number of sulfone groups is 1. The van der Waals surface area contributed by atoms with Gasteiger partial charge in [0, 0.05) is 18.1 Å². The minimum atomic E-state index is -3.29. The molecule has 0 aliphatic carbocycles. The number of hydrogen-bond donors (Lipinski definition) is 1. The van der Waals surface area contributed by atoms with Crippen LogP contribution in [-0.2, 0) is 14.6 Å². The van der Waals surface area contributed by atoms with Crippen molar-refractivity contribution in [1.82, 2.24) is 0 Å². The van der Waals surface area contributed by atoms with E-state index in [0.717, 1.165) is 17.4 Å². The molecule has 0 unspecified atom stereocenters. The Labute approximate surface area is 176 Å². The SMILES string of the molecule is CS(=O)(=O)c1ccc([C@@H](CO)[C@@H](CCC(=O)[O-])c2ccccc2)cc1.[Na+]. The number of rotatable bonds is 8. The van der Waals surface area contributed by atoms with Gasteiger partial charge in [0.15, 0.2) is 9.84 Å². The van der Waals surface area contributed by atoms with Gasteiger partial charge in [0.25, 0.3) is 0 Å².